The third-order valence-electron chi connectivity index (χ3n) is 5.50. The molecule has 0 radical (unpaired) electrons. The first-order chi connectivity index (χ1) is 14.4. The van der Waals surface area contributed by atoms with E-state index in [9.17, 15) is 24.6 Å². The van der Waals surface area contributed by atoms with Crippen LogP contribution >= 0.6 is 12.4 Å². The molecule has 2 aromatic rings. The van der Waals surface area contributed by atoms with Gasteiger partial charge in [0.05, 0.1) is 6.04 Å². The molecular formula is C23H27ClN2O5. The van der Waals surface area contributed by atoms with E-state index in [1.54, 1.807) is 6.92 Å². The first-order valence-corrected chi connectivity index (χ1v) is 9.99. The second kappa shape index (κ2) is 10.9. The van der Waals surface area contributed by atoms with Gasteiger partial charge in [-0.05, 0) is 36.5 Å². The molecule has 0 aliphatic carbocycles. The van der Waals surface area contributed by atoms with Gasteiger partial charge in [-0.3, -0.25) is 14.9 Å². The summed E-state index contributed by atoms with van der Waals surface area (Å²) in [7, 11) is 0. The molecule has 3 N–H and O–H groups in total. The average molecular weight is 447 g/mol. The van der Waals surface area contributed by atoms with E-state index in [4.69, 9.17) is 0 Å². The van der Waals surface area contributed by atoms with Gasteiger partial charge in [0.15, 0.2) is 0 Å². The first kappa shape index (κ1) is 24.4. The fraction of sp³-hybridized carbons (Fsp3) is 0.348. The van der Waals surface area contributed by atoms with Crippen LogP contribution in [0.5, 0.6) is 0 Å². The molecule has 0 spiro atoms. The Bertz CT molecular complexity index is 921. The summed E-state index contributed by atoms with van der Waals surface area (Å²) in [5.74, 6) is -2.52. The molecule has 3 rings (SSSR count). The maximum atomic E-state index is 13.1. The predicted molar refractivity (Wildman–Crippen MR) is 118 cm³/mol. The second-order valence-corrected chi connectivity index (χ2v) is 7.60. The van der Waals surface area contributed by atoms with Gasteiger partial charge in [0.1, 0.15) is 12.1 Å². The number of fused-ring (bicyclic) bond motifs is 1. The highest BCUT2D eigenvalue weighted by atomic mass is 35.5. The van der Waals surface area contributed by atoms with E-state index >= 15 is 0 Å². The van der Waals surface area contributed by atoms with Gasteiger partial charge < -0.3 is 15.1 Å². The molecule has 166 valence electrons. The molecule has 0 saturated heterocycles. The molecule has 1 aliphatic heterocycles. The SMILES string of the molecule is C[C@H](N[C@@H](CCc1ccccc1)C(=O)O)C(=O)N1Cc2ccccc2C[C@H]1C(=O)O.Cl. The third-order valence-corrected chi connectivity index (χ3v) is 5.50. The maximum Gasteiger partial charge on any atom is 0.326 e. The topological polar surface area (TPSA) is 107 Å². The minimum absolute atomic E-state index is 0. The fourth-order valence-corrected chi connectivity index (χ4v) is 3.83. The molecule has 8 heteroatoms. The molecule has 2 aromatic carbocycles. The lowest BCUT2D eigenvalue weighted by atomic mass is 9.93. The number of carbonyl (C=O) groups excluding carboxylic acids is 1. The standard InChI is InChI=1S/C23H26N2O5.ClH/c1-15(24-19(22(27)28)12-11-16-7-3-2-4-8-16)21(26)25-14-18-10-6-5-9-17(18)13-20(25)23(29)30;/h2-10,15,19-20,24H,11-14H2,1H3,(H,27,28)(H,29,30);1H/t15-,19-,20-;/m0./s1. The Morgan fingerprint density at radius 1 is 1.03 bits per heavy atom. The Morgan fingerprint density at radius 2 is 1.65 bits per heavy atom. The van der Waals surface area contributed by atoms with Crippen LogP contribution in [0.1, 0.15) is 30.0 Å². The number of hydrogen-bond acceptors (Lipinski definition) is 4. The van der Waals surface area contributed by atoms with Crippen LogP contribution in [0.25, 0.3) is 0 Å². The van der Waals surface area contributed by atoms with Crippen molar-refractivity contribution in [1.29, 1.82) is 0 Å². The summed E-state index contributed by atoms with van der Waals surface area (Å²) in [5, 5.41) is 22.1. The summed E-state index contributed by atoms with van der Waals surface area (Å²) >= 11 is 0. The molecule has 0 unspecified atom stereocenters. The number of aliphatic carboxylic acids is 2. The number of aryl methyl sites for hydroxylation is 1. The number of rotatable bonds is 8. The molecule has 1 heterocycles. The van der Waals surface area contributed by atoms with Gasteiger partial charge in [-0.2, -0.15) is 0 Å². The van der Waals surface area contributed by atoms with Gasteiger partial charge in [-0.25, -0.2) is 4.79 Å². The van der Waals surface area contributed by atoms with Crippen LogP contribution in [0.4, 0.5) is 0 Å². The lowest BCUT2D eigenvalue weighted by molar-refractivity contribution is -0.152. The van der Waals surface area contributed by atoms with Crippen LogP contribution < -0.4 is 5.32 Å². The summed E-state index contributed by atoms with van der Waals surface area (Å²) in [4.78, 5) is 37.9. The van der Waals surface area contributed by atoms with Crippen LogP contribution in [-0.2, 0) is 33.8 Å². The van der Waals surface area contributed by atoms with Gasteiger partial charge in [-0.15, -0.1) is 12.4 Å². The molecule has 0 bridgehead atoms. The number of carboxylic acid groups (broad SMARTS) is 2. The Hall–Kier alpha value is -2.90. The van der Waals surface area contributed by atoms with E-state index in [-0.39, 0.29) is 25.4 Å². The summed E-state index contributed by atoms with van der Waals surface area (Å²) in [6, 6.07) is 14.3. The van der Waals surface area contributed by atoms with Crippen LogP contribution in [0.15, 0.2) is 54.6 Å². The zero-order chi connectivity index (χ0) is 21.7. The highest BCUT2D eigenvalue weighted by Crippen LogP contribution is 2.24. The van der Waals surface area contributed by atoms with Crippen molar-refractivity contribution in [2.75, 3.05) is 0 Å². The molecule has 0 aromatic heterocycles. The Morgan fingerprint density at radius 3 is 2.26 bits per heavy atom. The summed E-state index contributed by atoms with van der Waals surface area (Å²) in [6.07, 6.45) is 1.11. The van der Waals surface area contributed by atoms with Crippen LogP contribution in [-0.4, -0.2) is 51.1 Å². The Labute approximate surface area is 187 Å². The first-order valence-electron chi connectivity index (χ1n) is 9.99. The lowest BCUT2D eigenvalue weighted by Gasteiger charge is -2.36. The fourth-order valence-electron chi connectivity index (χ4n) is 3.83. The lowest BCUT2D eigenvalue weighted by Crippen LogP contribution is -2.56. The average Bonchev–Trinajstić information content (AvgIpc) is 2.75. The Balaban J connectivity index is 0.00000341. The largest absolute Gasteiger partial charge is 0.480 e. The van der Waals surface area contributed by atoms with Crippen molar-refractivity contribution >= 4 is 30.3 Å². The van der Waals surface area contributed by atoms with Crippen LogP contribution in [0.2, 0.25) is 0 Å². The Kier molecular flexibility index (Phi) is 8.59. The monoisotopic (exact) mass is 446 g/mol. The van der Waals surface area contributed by atoms with Crippen LogP contribution in [0, 0.1) is 0 Å². The van der Waals surface area contributed by atoms with E-state index in [0.29, 0.717) is 12.8 Å². The van der Waals surface area contributed by atoms with E-state index in [0.717, 1.165) is 16.7 Å². The smallest absolute Gasteiger partial charge is 0.326 e. The maximum absolute atomic E-state index is 13.1. The summed E-state index contributed by atoms with van der Waals surface area (Å²) in [5.41, 5.74) is 2.85. The van der Waals surface area contributed by atoms with Crippen molar-refractivity contribution in [3.63, 3.8) is 0 Å². The number of carbonyl (C=O) groups is 3. The number of amides is 1. The van der Waals surface area contributed by atoms with Gasteiger partial charge >= 0.3 is 11.9 Å². The number of halogens is 1. The number of nitrogens with one attached hydrogen (secondary N) is 1. The normalized spacial score (nSPS) is 17.1. The highest BCUT2D eigenvalue weighted by molar-refractivity contribution is 5.88. The number of benzene rings is 2. The van der Waals surface area contributed by atoms with E-state index in [1.165, 1.54) is 4.90 Å². The van der Waals surface area contributed by atoms with Gasteiger partial charge in [0.25, 0.3) is 0 Å². The quantitative estimate of drug-likeness (QED) is 0.575. The van der Waals surface area contributed by atoms with Crippen LogP contribution in [0.3, 0.4) is 0 Å². The molecule has 7 nitrogen and oxygen atoms in total. The van der Waals surface area contributed by atoms with Crippen molar-refractivity contribution in [3.8, 4) is 0 Å². The molecule has 1 amide bonds. The van der Waals surface area contributed by atoms with E-state index in [2.05, 4.69) is 5.32 Å². The molecule has 3 atom stereocenters. The molecule has 0 fully saturated rings. The predicted octanol–water partition coefficient (Wildman–Crippen LogP) is 2.51. The van der Waals surface area contributed by atoms with Gasteiger partial charge in [0, 0.05) is 13.0 Å². The number of hydrogen-bond donors (Lipinski definition) is 3. The second-order valence-electron chi connectivity index (χ2n) is 7.60. The zero-order valence-corrected chi connectivity index (χ0v) is 18.0. The van der Waals surface area contributed by atoms with Crippen molar-refractivity contribution in [1.82, 2.24) is 10.2 Å². The number of carboxylic acids is 2. The van der Waals surface area contributed by atoms with E-state index in [1.807, 2.05) is 54.6 Å². The van der Waals surface area contributed by atoms with Crippen molar-refractivity contribution in [3.05, 3.63) is 71.3 Å². The summed E-state index contributed by atoms with van der Waals surface area (Å²) in [6.45, 7) is 1.78. The van der Waals surface area contributed by atoms with Crippen molar-refractivity contribution in [2.24, 2.45) is 0 Å². The molecule has 31 heavy (non-hydrogen) atoms. The summed E-state index contributed by atoms with van der Waals surface area (Å²) < 4.78 is 0. The van der Waals surface area contributed by atoms with Crippen molar-refractivity contribution < 1.29 is 24.6 Å². The third kappa shape index (κ3) is 6.06. The minimum atomic E-state index is -1.07. The molecular weight excluding hydrogens is 420 g/mol. The molecule has 1 aliphatic rings. The van der Waals surface area contributed by atoms with Crippen molar-refractivity contribution in [2.45, 2.75) is 50.9 Å². The van der Waals surface area contributed by atoms with Gasteiger partial charge in [0.2, 0.25) is 5.91 Å². The van der Waals surface area contributed by atoms with Gasteiger partial charge in [-0.1, -0.05) is 54.6 Å². The highest BCUT2D eigenvalue weighted by Gasteiger charge is 2.37. The minimum Gasteiger partial charge on any atom is -0.480 e. The van der Waals surface area contributed by atoms with E-state index < -0.39 is 36.0 Å². The zero-order valence-electron chi connectivity index (χ0n) is 17.2. The number of nitrogens with zero attached hydrogens (tertiary/aromatic N) is 1. The molecule has 0 saturated carbocycles.